The highest BCUT2D eigenvalue weighted by atomic mass is 35.5. The van der Waals surface area contributed by atoms with Crippen molar-refractivity contribution in [2.45, 2.75) is 19.8 Å². The van der Waals surface area contributed by atoms with Gasteiger partial charge >= 0.3 is 0 Å². The fourth-order valence-corrected chi connectivity index (χ4v) is 4.31. The van der Waals surface area contributed by atoms with Crippen LogP contribution in [-0.2, 0) is 6.42 Å². The zero-order chi connectivity index (χ0) is 18.3. The van der Waals surface area contributed by atoms with Crippen LogP contribution in [0.3, 0.4) is 0 Å². The van der Waals surface area contributed by atoms with E-state index >= 15 is 0 Å². The van der Waals surface area contributed by atoms with E-state index < -0.39 is 0 Å². The lowest BCUT2D eigenvalue weighted by Crippen LogP contribution is -2.27. The Labute approximate surface area is 158 Å². The second kappa shape index (κ2) is 6.67. The lowest BCUT2D eigenvalue weighted by Gasteiger charge is -2.13. The standard InChI is InChI=1S/C20H15ClN2O2S/c1-2-6-16-22-19-17(18(24)14-9-3-4-10-15(14)26-19)20(25)23(16)13-8-5-7-12(21)11-13/h3-5,7-11H,2,6H2,1H3. The van der Waals surface area contributed by atoms with Gasteiger partial charge in [0, 0.05) is 21.5 Å². The summed E-state index contributed by atoms with van der Waals surface area (Å²) in [6, 6.07) is 14.4. The Morgan fingerprint density at radius 1 is 1.12 bits per heavy atom. The lowest BCUT2D eigenvalue weighted by atomic mass is 10.2. The van der Waals surface area contributed by atoms with Crippen LogP contribution in [0.5, 0.6) is 0 Å². The molecule has 0 spiro atoms. The van der Waals surface area contributed by atoms with E-state index in [2.05, 4.69) is 4.98 Å². The van der Waals surface area contributed by atoms with Gasteiger partial charge in [-0.3, -0.25) is 14.2 Å². The maximum Gasteiger partial charge on any atom is 0.270 e. The van der Waals surface area contributed by atoms with E-state index in [1.165, 1.54) is 15.9 Å². The fraction of sp³-hybridized carbons (Fsp3) is 0.150. The SMILES string of the molecule is CCCc1nc2sc3ccccc3c(=O)c2c(=O)n1-c1cccc(Cl)c1. The van der Waals surface area contributed by atoms with Crippen LogP contribution in [0.15, 0.2) is 58.1 Å². The Morgan fingerprint density at radius 2 is 1.92 bits per heavy atom. The Bertz CT molecular complexity index is 1260. The summed E-state index contributed by atoms with van der Waals surface area (Å²) in [6.45, 7) is 2.03. The van der Waals surface area contributed by atoms with Gasteiger partial charge in [0.2, 0.25) is 5.43 Å². The topological polar surface area (TPSA) is 52.0 Å². The Kier molecular flexibility index (Phi) is 4.34. The maximum absolute atomic E-state index is 13.3. The third kappa shape index (κ3) is 2.73. The minimum Gasteiger partial charge on any atom is -0.288 e. The largest absolute Gasteiger partial charge is 0.288 e. The van der Waals surface area contributed by atoms with E-state index in [4.69, 9.17) is 11.6 Å². The number of halogens is 1. The Morgan fingerprint density at radius 3 is 2.69 bits per heavy atom. The van der Waals surface area contributed by atoms with E-state index in [0.717, 1.165) is 11.1 Å². The molecule has 0 aliphatic carbocycles. The number of benzene rings is 2. The molecular formula is C20H15ClN2O2S. The van der Waals surface area contributed by atoms with Gasteiger partial charge in [0.15, 0.2) is 0 Å². The molecule has 4 rings (SSSR count). The van der Waals surface area contributed by atoms with E-state index in [1.807, 2.05) is 19.1 Å². The number of nitrogens with zero attached hydrogens (tertiary/aromatic N) is 2. The molecule has 0 N–H and O–H groups in total. The van der Waals surface area contributed by atoms with Crippen LogP contribution >= 0.6 is 22.9 Å². The molecule has 0 aliphatic rings. The highest BCUT2D eigenvalue weighted by molar-refractivity contribution is 7.24. The first kappa shape index (κ1) is 16.9. The molecule has 2 aromatic heterocycles. The molecule has 0 unspecified atom stereocenters. The third-order valence-electron chi connectivity index (χ3n) is 4.22. The molecule has 0 atom stereocenters. The van der Waals surface area contributed by atoms with Crippen LogP contribution in [0.25, 0.3) is 26.0 Å². The van der Waals surface area contributed by atoms with Crippen LogP contribution in [-0.4, -0.2) is 9.55 Å². The van der Waals surface area contributed by atoms with Crippen molar-refractivity contribution in [3.05, 3.63) is 80.0 Å². The van der Waals surface area contributed by atoms with E-state index in [1.54, 1.807) is 36.4 Å². The van der Waals surface area contributed by atoms with Gasteiger partial charge in [-0.15, -0.1) is 11.3 Å². The van der Waals surface area contributed by atoms with E-state index in [-0.39, 0.29) is 16.4 Å². The van der Waals surface area contributed by atoms with Gasteiger partial charge in [-0.25, -0.2) is 4.98 Å². The molecule has 130 valence electrons. The van der Waals surface area contributed by atoms with Crippen LogP contribution in [0.4, 0.5) is 0 Å². The Hall–Kier alpha value is -2.50. The van der Waals surface area contributed by atoms with Gasteiger partial charge in [-0.1, -0.05) is 36.7 Å². The quantitative estimate of drug-likeness (QED) is 0.488. The predicted octanol–water partition coefficient (Wildman–Crippen LogP) is 4.57. The fourth-order valence-electron chi connectivity index (χ4n) is 3.07. The van der Waals surface area contributed by atoms with Crippen molar-refractivity contribution >= 4 is 43.2 Å². The van der Waals surface area contributed by atoms with Crippen LogP contribution in [0, 0.1) is 0 Å². The van der Waals surface area contributed by atoms with Crippen LogP contribution in [0.1, 0.15) is 19.2 Å². The van der Waals surface area contributed by atoms with Gasteiger partial charge < -0.3 is 0 Å². The molecule has 0 aliphatic heterocycles. The molecule has 0 amide bonds. The van der Waals surface area contributed by atoms with Crippen molar-refractivity contribution in [3.8, 4) is 5.69 Å². The Balaban J connectivity index is 2.17. The van der Waals surface area contributed by atoms with E-state index in [9.17, 15) is 9.59 Å². The zero-order valence-electron chi connectivity index (χ0n) is 14.0. The molecule has 26 heavy (non-hydrogen) atoms. The maximum atomic E-state index is 13.3. The van der Waals surface area contributed by atoms with Crippen LogP contribution in [0.2, 0.25) is 5.02 Å². The predicted molar refractivity (Wildman–Crippen MR) is 108 cm³/mol. The molecule has 6 heteroatoms. The first-order chi connectivity index (χ1) is 12.6. The first-order valence-electron chi connectivity index (χ1n) is 8.33. The molecule has 0 radical (unpaired) electrons. The summed E-state index contributed by atoms with van der Waals surface area (Å²) < 4.78 is 2.35. The summed E-state index contributed by atoms with van der Waals surface area (Å²) in [5.74, 6) is 0.637. The highest BCUT2D eigenvalue weighted by Gasteiger charge is 2.17. The number of hydrogen-bond acceptors (Lipinski definition) is 4. The second-order valence-electron chi connectivity index (χ2n) is 6.01. The van der Waals surface area contributed by atoms with Gasteiger partial charge in [-0.05, 0) is 36.8 Å². The summed E-state index contributed by atoms with van der Waals surface area (Å²) in [4.78, 5) is 31.4. The number of hydrogen-bond donors (Lipinski definition) is 0. The van der Waals surface area contributed by atoms with Crippen LogP contribution < -0.4 is 11.0 Å². The monoisotopic (exact) mass is 382 g/mol. The van der Waals surface area contributed by atoms with Crippen molar-refractivity contribution in [1.29, 1.82) is 0 Å². The number of fused-ring (bicyclic) bond motifs is 2. The summed E-state index contributed by atoms with van der Waals surface area (Å²) in [5, 5.41) is 1.21. The minimum absolute atomic E-state index is 0.133. The molecule has 0 bridgehead atoms. The number of aryl methyl sites for hydroxylation is 1. The number of aromatic nitrogens is 2. The van der Waals surface area contributed by atoms with Gasteiger partial charge in [0.1, 0.15) is 16.0 Å². The van der Waals surface area contributed by atoms with Gasteiger partial charge in [0.05, 0.1) is 5.69 Å². The molecule has 2 heterocycles. The lowest BCUT2D eigenvalue weighted by molar-refractivity contribution is 0.775. The molecule has 4 aromatic rings. The summed E-state index contributed by atoms with van der Waals surface area (Å²) in [7, 11) is 0. The van der Waals surface area contributed by atoms with E-state index in [0.29, 0.717) is 33.2 Å². The third-order valence-corrected chi connectivity index (χ3v) is 5.52. The van der Waals surface area contributed by atoms with Crippen molar-refractivity contribution < 1.29 is 0 Å². The molecular weight excluding hydrogens is 368 g/mol. The minimum atomic E-state index is -0.340. The molecule has 2 aromatic carbocycles. The molecule has 0 saturated heterocycles. The zero-order valence-corrected chi connectivity index (χ0v) is 15.6. The summed E-state index contributed by atoms with van der Waals surface area (Å²) >= 11 is 7.48. The molecule has 4 nitrogen and oxygen atoms in total. The molecule has 0 fully saturated rings. The van der Waals surface area contributed by atoms with Gasteiger partial charge in [0.25, 0.3) is 5.56 Å². The first-order valence-corrected chi connectivity index (χ1v) is 9.53. The van der Waals surface area contributed by atoms with Crippen molar-refractivity contribution in [3.63, 3.8) is 0 Å². The summed E-state index contributed by atoms with van der Waals surface area (Å²) in [5.41, 5.74) is 0.0105. The molecule has 0 saturated carbocycles. The number of rotatable bonds is 3. The van der Waals surface area contributed by atoms with Crippen molar-refractivity contribution in [1.82, 2.24) is 9.55 Å². The van der Waals surface area contributed by atoms with Crippen molar-refractivity contribution in [2.24, 2.45) is 0 Å². The second-order valence-corrected chi connectivity index (χ2v) is 7.47. The highest BCUT2D eigenvalue weighted by Crippen LogP contribution is 2.23. The van der Waals surface area contributed by atoms with Crippen molar-refractivity contribution in [2.75, 3.05) is 0 Å². The smallest absolute Gasteiger partial charge is 0.270 e. The van der Waals surface area contributed by atoms with Gasteiger partial charge in [-0.2, -0.15) is 0 Å². The average Bonchev–Trinajstić information content (AvgIpc) is 2.62. The average molecular weight is 383 g/mol. The normalized spacial score (nSPS) is 11.3. The summed E-state index contributed by atoms with van der Waals surface area (Å²) in [6.07, 6.45) is 1.46.